The van der Waals surface area contributed by atoms with Gasteiger partial charge in [-0.3, -0.25) is 14.9 Å². The van der Waals surface area contributed by atoms with Crippen LogP contribution < -0.4 is 10.2 Å². The van der Waals surface area contributed by atoms with E-state index in [2.05, 4.69) is 15.3 Å². The van der Waals surface area contributed by atoms with E-state index in [0.29, 0.717) is 15.7 Å². The molecule has 3 aromatic heterocycles. The van der Waals surface area contributed by atoms with Gasteiger partial charge < -0.3 is 4.98 Å². The third-order valence-electron chi connectivity index (χ3n) is 2.53. The van der Waals surface area contributed by atoms with Gasteiger partial charge in [-0.25, -0.2) is 4.98 Å². The average molecular weight is 323 g/mol. The van der Waals surface area contributed by atoms with Gasteiger partial charge in [0, 0.05) is 11.1 Å². The van der Waals surface area contributed by atoms with Crippen LogP contribution in [0.2, 0.25) is 0 Å². The Labute approximate surface area is 126 Å². The van der Waals surface area contributed by atoms with Gasteiger partial charge in [-0.2, -0.15) is 0 Å². The van der Waals surface area contributed by atoms with Crippen molar-refractivity contribution in [1.82, 2.24) is 9.97 Å². The van der Waals surface area contributed by atoms with Crippen molar-refractivity contribution in [2.24, 2.45) is 0 Å². The Bertz CT molecular complexity index is 798. The molecule has 3 aromatic rings. The van der Waals surface area contributed by atoms with Crippen LogP contribution in [0.5, 0.6) is 0 Å². The largest absolute Gasteiger partial charge is 0.316 e. The lowest BCUT2D eigenvalue weighted by molar-refractivity contribution is 0.103. The number of carbonyl (C=O) groups excluding carboxylic acids is 1. The fourth-order valence-corrected chi connectivity index (χ4v) is 3.85. The molecule has 8 heteroatoms. The van der Waals surface area contributed by atoms with Crippen molar-refractivity contribution in [2.45, 2.75) is 6.92 Å². The predicted octanol–water partition coefficient (Wildman–Crippen LogP) is 3.18. The molecule has 0 radical (unpaired) electrons. The lowest BCUT2D eigenvalue weighted by atomic mass is 10.4. The monoisotopic (exact) mass is 323 g/mol. The van der Waals surface area contributed by atoms with Crippen LogP contribution >= 0.6 is 34.0 Å². The Balaban J connectivity index is 1.80. The number of aryl methyl sites for hydroxylation is 1. The summed E-state index contributed by atoms with van der Waals surface area (Å²) in [6, 6.07) is 3.94. The van der Waals surface area contributed by atoms with E-state index in [-0.39, 0.29) is 10.8 Å². The highest BCUT2D eigenvalue weighted by Gasteiger charge is 2.15. The number of hydrogen-bond donors (Lipinski definition) is 2. The Hall–Kier alpha value is -1.77. The number of carbonyl (C=O) groups is 1. The fourth-order valence-electron chi connectivity index (χ4n) is 1.64. The van der Waals surface area contributed by atoms with Gasteiger partial charge in [0.25, 0.3) is 5.91 Å². The second-order valence-electron chi connectivity index (χ2n) is 3.94. The normalized spacial score (nSPS) is 10.7. The molecule has 0 bridgehead atoms. The molecular weight excluding hydrogens is 314 g/mol. The van der Waals surface area contributed by atoms with Crippen LogP contribution in [-0.2, 0) is 0 Å². The summed E-state index contributed by atoms with van der Waals surface area (Å²) in [6.07, 6.45) is 0. The van der Waals surface area contributed by atoms with Crippen molar-refractivity contribution < 1.29 is 4.79 Å². The van der Waals surface area contributed by atoms with Crippen molar-refractivity contribution in [3.8, 4) is 10.6 Å². The number of hydrogen-bond acceptors (Lipinski definition) is 6. The van der Waals surface area contributed by atoms with Gasteiger partial charge in [0.1, 0.15) is 4.88 Å². The van der Waals surface area contributed by atoms with E-state index in [9.17, 15) is 9.59 Å². The third kappa shape index (κ3) is 2.58. The van der Waals surface area contributed by atoms with Crippen LogP contribution in [0.3, 0.4) is 0 Å². The molecule has 0 aliphatic heterocycles. The molecule has 5 nitrogen and oxygen atoms in total. The molecule has 0 saturated carbocycles. The number of amides is 1. The van der Waals surface area contributed by atoms with E-state index in [1.54, 1.807) is 18.3 Å². The first-order valence-corrected chi connectivity index (χ1v) is 8.21. The Morgan fingerprint density at radius 1 is 1.40 bits per heavy atom. The lowest BCUT2D eigenvalue weighted by Crippen LogP contribution is -2.11. The number of aromatic nitrogens is 2. The second kappa shape index (κ2) is 5.31. The number of nitrogens with zero attached hydrogens (tertiary/aromatic N) is 1. The zero-order valence-electron chi connectivity index (χ0n) is 10.3. The summed E-state index contributed by atoms with van der Waals surface area (Å²) in [6.45, 7) is 1.70. The summed E-state index contributed by atoms with van der Waals surface area (Å²) in [5, 5.41) is 7.12. The van der Waals surface area contributed by atoms with Crippen molar-refractivity contribution >= 4 is 45.0 Å². The van der Waals surface area contributed by atoms with Crippen molar-refractivity contribution in [1.29, 1.82) is 0 Å². The van der Waals surface area contributed by atoms with Gasteiger partial charge in [-0.05, 0) is 18.4 Å². The first-order chi connectivity index (χ1) is 9.63. The Morgan fingerprint density at radius 2 is 2.25 bits per heavy atom. The van der Waals surface area contributed by atoms with Crippen LogP contribution in [-0.4, -0.2) is 15.9 Å². The van der Waals surface area contributed by atoms with Gasteiger partial charge in [-0.1, -0.05) is 17.4 Å². The third-order valence-corrected chi connectivity index (χ3v) is 5.16. The molecular formula is C12H9N3O2S3. The highest BCUT2D eigenvalue weighted by molar-refractivity contribution is 7.16. The van der Waals surface area contributed by atoms with E-state index < -0.39 is 0 Å². The molecule has 1 amide bonds. The van der Waals surface area contributed by atoms with E-state index in [1.165, 1.54) is 11.3 Å². The number of thiazole rings is 2. The molecule has 0 aromatic carbocycles. The molecule has 2 N–H and O–H groups in total. The molecule has 0 saturated heterocycles. The number of thiophene rings is 1. The van der Waals surface area contributed by atoms with Gasteiger partial charge in [0.05, 0.1) is 10.6 Å². The maximum atomic E-state index is 12.1. The zero-order chi connectivity index (χ0) is 14.1. The number of H-pyrrole nitrogens is 1. The summed E-state index contributed by atoms with van der Waals surface area (Å²) >= 11 is 3.86. The summed E-state index contributed by atoms with van der Waals surface area (Å²) in [4.78, 5) is 31.4. The molecule has 20 heavy (non-hydrogen) atoms. The highest BCUT2D eigenvalue weighted by Crippen LogP contribution is 2.28. The zero-order valence-corrected chi connectivity index (χ0v) is 12.7. The second-order valence-corrected chi connectivity index (χ2v) is 6.73. The minimum absolute atomic E-state index is 0.230. The van der Waals surface area contributed by atoms with Crippen LogP contribution in [0.1, 0.15) is 15.4 Å². The number of rotatable bonds is 3. The standard InChI is InChI=1S/C12H9N3O2S3/c1-6-9(20-12(17)13-6)10(16)15-11-14-7(5-19-11)8-3-2-4-18-8/h2-5H,1H3,(H,13,17)(H,14,15,16). The topological polar surface area (TPSA) is 74.8 Å². The first-order valence-electron chi connectivity index (χ1n) is 5.64. The Morgan fingerprint density at radius 3 is 2.90 bits per heavy atom. The number of anilines is 1. The predicted molar refractivity (Wildman–Crippen MR) is 83.1 cm³/mol. The summed E-state index contributed by atoms with van der Waals surface area (Å²) < 4.78 is 0. The van der Waals surface area contributed by atoms with E-state index in [4.69, 9.17) is 0 Å². The van der Waals surface area contributed by atoms with E-state index >= 15 is 0 Å². The van der Waals surface area contributed by atoms with Crippen LogP contribution in [0.4, 0.5) is 5.13 Å². The van der Waals surface area contributed by atoms with Crippen molar-refractivity contribution in [2.75, 3.05) is 5.32 Å². The minimum atomic E-state index is -0.307. The highest BCUT2D eigenvalue weighted by atomic mass is 32.1. The van der Waals surface area contributed by atoms with Crippen molar-refractivity contribution in [3.05, 3.63) is 43.1 Å². The summed E-state index contributed by atoms with van der Waals surface area (Å²) in [5.41, 5.74) is 1.42. The van der Waals surface area contributed by atoms with Crippen molar-refractivity contribution in [3.63, 3.8) is 0 Å². The summed E-state index contributed by atoms with van der Waals surface area (Å²) in [5.74, 6) is -0.307. The molecule has 0 atom stereocenters. The lowest BCUT2D eigenvalue weighted by Gasteiger charge is -1.98. The van der Waals surface area contributed by atoms with Gasteiger partial charge in [-0.15, -0.1) is 22.7 Å². The molecule has 0 unspecified atom stereocenters. The molecule has 0 aliphatic rings. The van der Waals surface area contributed by atoms with Crippen LogP contribution in [0.15, 0.2) is 27.7 Å². The number of nitrogens with one attached hydrogen (secondary N) is 2. The quantitative estimate of drug-likeness (QED) is 0.777. The SMILES string of the molecule is Cc1[nH]c(=O)sc1C(=O)Nc1nc(-c2cccs2)cs1. The maximum absolute atomic E-state index is 12.1. The smallest absolute Gasteiger partial charge is 0.305 e. The van der Waals surface area contributed by atoms with Crippen LogP contribution in [0, 0.1) is 6.92 Å². The molecule has 102 valence electrons. The fraction of sp³-hybridized carbons (Fsp3) is 0.0833. The molecule has 3 rings (SSSR count). The van der Waals surface area contributed by atoms with Crippen LogP contribution in [0.25, 0.3) is 10.6 Å². The molecule has 0 aliphatic carbocycles. The van der Waals surface area contributed by atoms with Gasteiger partial charge in [0.2, 0.25) is 0 Å². The Kier molecular flexibility index (Phi) is 3.51. The van der Waals surface area contributed by atoms with Gasteiger partial charge >= 0.3 is 4.87 Å². The summed E-state index contributed by atoms with van der Waals surface area (Å²) in [7, 11) is 0. The molecule has 0 fully saturated rings. The first kappa shape index (κ1) is 13.2. The molecule has 3 heterocycles. The maximum Gasteiger partial charge on any atom is 0.305 e. The molecule has 0 spiro atoms. The van der Waals surface area contributed by atoms with E-state index in [0.717, 1.165) is 21.9 Å². The minimum Gasteiger partial charge on any atom is -0.316 e. The number of aromatic amines is 1. The average Bonchev–Trinajstić information content (AvgIpc) is 3.09. The van der Waals surface area contributed by atoms with E-state index in [1.807, 2.05) is 22.9 Å². The van der Waals surface area contributed by atoms with Gasteiger partial charge in [0.15, 0.2) is 5.13 Å².